The van der Waals surface area contributed by atoms with Gasteiger partial charge in [0, 0.05) is 4.47 Å². The summed E-state index contributed by atoms with van der Waals surface area (Å²) < 4.78 is 13.8. The molecular formula is C10H9BrFNO4. The summed E-state index contributed by atoms with van der Waals surface area (Å²) in [6.07, 6.45) is 0. The van der Waals surface area contributed by atoms with Gasteiger partial charge in [0.1, 0.15) is 5.82 Å². The van der Waals surface area contributed by atoms with E-state index in [9.17, 15) is 14.0 Å². The summed E-state index contributed by atoms with van der Waals surface area (Å²) in [4.78, 5) is 22.1. The number of carboxylic acid groups (broad SMARTS) is 1. The highest BCUT2D eigenvalue weighted by Crippen LogP contribution is 2.15. The Morgan fingerprint density at radius 2 is 2.12 bits per heavy atom. The number of hydrogen-bond donors (Lipinski definition) is 3. The molecule has 7 heteroatoms. The minimum atomic E-state index is -1.46. The van der Waals surface area contributed by atoms with Crippen molar-refractivity contribution in [3.63, 3.8) is 0 Å². The molecule has 17 heavy (non-hydrogen) atoms. The molecule has 0 radical (unpaired) electrons. The van der Waals surface area contributed by atoms with Crippen molar-refractivity contribution in [2.75, 3.05) is 6.61 Å². The Morgan fingerprint density at radius 3 is 2.65 bits per heavy atom. The number of carboxylic acids is 1. The van der Waals surface area contributed by atoms with E-state index in [1.54, 1.807) is 0 Å². The van der Waals surface area contributed by atoms with Crippen molar-refractivity contribution in [2.45, 2.75) is 6.04 Å². The Bertz CT molecular complexity index is 452. The van der Waals surface area contributed by atoms with Gasteiger partial charge in [-0.15, -0.1) is 0 Å². The van der Waals surface area contributed by atoms with Gasteiger partial charge in [0.05, 0.1) is 12.2 Å². The van der Waals surface area contributed by atoms with Crippen molar-refractivity contribution in [1.29, 1.82) is 0 Å². The Kier molecular flexibility index (Phi) is 4.59. The van der Waals surface area contributed by atoms with E-state index in [4.69, 9.17) is 10.2 Å². The second-order valence-corrected chi connectivity index (χ2v) is 4.09. The van der Waals surface area contributed by atoms with E-state index in [0.717, 1.165) is 6.07 Å². The molecule has 0 heterocycles. The molecule has 3 N–H and O–H groups in total. The maximum Gasteiger partial charge on any atom is 0.328 e. The third kappa shape index (κ3) is 3.50. The molecule has 0 aliphatic carbocycles. The van der Waals surface area contributed by atoms with Crippen LogP contribution in [0.15, 0.2) is 22.7 Å². The summed E-state index contributed by atoms with van der Waals surface area (Å²) in [5.74, 6) is -3.06. The Hall–Kier alpha value is -1.47. The third-order valence-corrected chi connectivity index (χ3v) is 2.45. The minimum Gasteiger partial charge on any atom is -0.480 e. The van der Waals surface area contributed by atoms with Gasteiger partial charge in [-0.25, -0.2) is 9.18 Å². The van der Waals surface area contributed by atoms with E-state index >= 15 is 0 Å². The summed E-state index contributed by atoms with van der Waals surface area (Å²) in [6.45, 7) is -0.767. The number of hydrogen-bond acceptors (Lipinski definition) is 3. The van der Waals surface area contributed by atoms with Crippen molar-refractivity contribution in [2.24, 2.45) is 0 Å². The zero-order valence-corrected chi connectivity index (χ0v) is 10.1. The zero-order chi connectivity index (χ0) is 13.0. The van der Waals surface area contributed by atoms with E-state index in [1.165, 1.54) is 12.1 Å². The minimum absolute atomic E-state index is 0.293. The fourth-order valence-electron chi connectivity index (χ4n) is 1.09. The monoisotopic (exact) mass is 305 g/mol. The topological polar surface area (TPSA) is 86.6 Å². The van der Waals surface area contributed by atoms with Crippen LogP contribution in [0.4, 0.5) is 4.39 Å². The van der Waals surface area contributed by atoms with Gasteiger partial charge in [-0.2, -0.15) is 0 Å². The number of aliphatic hydroxyl groups excluding tert-OH is 1. The first-order valence-corrected chi connectivity index (χ1v) is 5.34. The molecule has 1 amide bonds. The molecule has 1 aromatic carbocycles. The number of carbonyl (C=O) groups is 2. The van der Waals surface area contributed by atoms with Gasteiger partial charge in [0.15, 0.2) is 6.04 Å². The van der Waals surface area contributed by atoms with Crippen LogP contribution >= 0.6 is 15.9 Å². The number of nitrogens with one attached hydrogen (secondary N) is 1. The molecule has 0 saturated carbocycles. The number of carbonyl (C=O) groups excluding carboxylic acids is 1. The van der Waals surface area contributed by atoms with Gasteiger partial charge in [-0.1, -0.05) is 15.9 Å². The zero-order valence-electron chi connectivity index (χ0n) is 8.48. The summed E-state index contributed by atoms with van der Waals surface area (Å²) >= 11 is 3.06. The number of rotatable bonds is 4. The van der Waals surface area contributed by atoms with Crippen LogP contribution in [-0.4, -0.2) is 34.7 Å². The van der Waals surface area contributed by atoms with Crippen molar-refractivity contribution >= 4 is 27.8 Å². The lowest BCUT2D eigenvalue weighted by Gasteiger charge is -2.12. The molecule has 0 unspecified atom stereocenters. The molecule has 0 aliphatic heterocycles. The maximum atomic E-state index is 13.3. The second kappa shape index (κ2) is 5.74. The molecular weight excluding hydrogens is 297 g/mol. The molecule has 92 valence electrons. The first-order valence-electron chi connectivity index (χ1n) is 4.55. The van der Waals surface area contributed by atoms with Crippen molar-refractivity contribution in [1.82, 2.24) is 5.32 Å². The molecule has 0 saturated heterocycles. The molecule has 0 bridgehead atoms. The van der Waals surface area contributed by atoms with E-state index in [1.807, 2.05) is 5.32 Å². The Morgan fingerprint density at radius 1 is 1.47 bits per heavy atom. The standard InChI is InChI=1S/C10H9BrFNO4/c11-5-1-2-7(12)6(3-5)9(15)13-8(4-14)10(16)17/h1-3,8,14H,4H2,(H,13,15)(H,16,17)/t8-/m1/s1. The number of benzene rings is 1. The smallest absolute Gasteiger partial charge is 0.328 e. The molecule has 0 fully saturated rings. The molecule has 1 atom stereocenters. The van der Waals surface area contributed by atoms with E-state index in [2.05, 4.69) is 15.9 Å². The van der Waals surface area contributed by atoms with Gasteiger partial charge in [0.25, 0.3) is 5.91 Å². The Balaban J connectivity index is 2.89. The summed E-state index contributed by atoms with van der Waals surface area (Å²) in [5, 5.41) is 19.3. The highest BCUT2D eigenvalue weighted by Gasteiger charge is 2.21. The van der Waals surface area contributed by atoms with E-state index in [-0.39, 0.29) is 5.56 Å². The maximum absolute atomic E-state index is 13.3. The molecule has 5 nitrogen and oxygen atoms in total. The van der Waals surface area contributed by atoms with Crippen LogP contribution in [0.3, 0.4) is 0 Å². The lowest BCUT2D eigenvalue weighted by Crippen LogP contribution is -2.43. The predicted octanol–water partition coefficient (Wildman–Crippen LogP) is 0.764. The number of amides is 1. The van der Waals surface area contributed by atoms with Gasteiger partial charge < -0.3 is 15.5 Å². The van der Waals surface area contributed by atoms with Crippen LogP contribution in [0.25, 0.3) is 0 Å². The first kappa shape index (κ1) is 13.6. The summed E-state index contributed by atoms with van der Waals surface area (Å²) in [6, 6.07) is 2.25. The highest BCUT2D eigenvalue weighted by atomic mass is 79.9. The summed E-state index contributed by atoms with van der Waals surface area (Å²) in [5.41, 5.74) is -0.293. The quantitative estimate of drug-likeness (QED) is 0.766. The lowest BCUT2D eigenvalue weighted by molar-refractivity contribution is -0.140. The van der Waals surface area contributed by atoms with E-state index < -0.39 is 30.3 Å². The van der Waals surface area contributed by atoms with Crippen molar-refractivity contribution in [3.8, 4) is 0 Å². The molecule has 0 aliphatic rings. The first-order chi connectivity index (χ1) is 7.95. The van der Waals surface area contributed by atoms with Gasteiger partial charge in [0.2, 0.25) is 0 Å². The number of aliphatic hydroxyl groups is 1. The normalized spacial score (nSPS) is 11.9. The number of halogens is 2. The summed E-state index contributed by atoms with van der Waals surface area (Å²) in [7, 11) is 0. The van der Waals surface area contributed by atoms with Crippen molar-refractivity contribution in [3.05, 3.63) is 34.1 Å². The molecule has 1 aromatic rings. The fraction of sp³-hybridized carbons (Fsp3) is 0.200. The Labute approximate surface area is 104 Å². The lowest BCUT2D eigenvalue weighted by atomic mass is 10.2. The van der Waals surface area contributed by atoms with Crippen LogP contribution in [0.1, 0.15) is 10.4 Å². The van der Waals surface area contributed by atoms with Crippen LogP contribution in [0.5, 0.6) is 0 Å². The average molecular weight is 306 g/mol. The van der Waals surface area contributed by atoms with Crippen LogP contribution < -0.4 is 5.32 Å². The SMILES string of the molecule is O=C(N[C@H](CO)C(=O)O)c1cc(Br)ccc1F. The van der Waals surface area contributed by atoms with Gasteiger partial charge in [-0.05, 0) is 18.2 Å². The molecule has 0 spiro atoms. The van der Waals surface area contributed by atoms with Crippen LogP contribution in [-0.2, 0) is 4.79 Å². The molecule has 0 aromatic heterocycles. The van der Waals surface area contributed by atoms with Crippen LogP contribution in [0.2, 0.25) is 0 Å². The van der Waals surface area contributed by atoms with Crippen LogP contribution in [0, 0.1) is 5.82 Å². The van der Waals surface area contributed by atoms with E-state index in [0.29, 0.717) is 4.47 Å². The number of aliphatic carboxylic acids is 1. The highest BCUT2D eigenvalue weighted by molar-refractivity contribution is 9.10. The predicted molar refractivity (Wildman–Crippen MR) is 60.1 cm³/mol. The third-order valence-electron chi connectivity index (χ3n) is 1.96. The average Bonchev–Trinajstić information content (AvgIpc) is 2.28. The largest absolute Gasteiger partial charge is 0.480 e. The molecule has 1 rings (SSSR count). The van der Waals surface area contributed by atoms with Gasteiger partial charge in [-0.3, -0.25) is 4.79 Å². The fourth-order valence-corrected chi connectivity index (χ4v) is 1.45. The van der Waals surface area contributed by atoms with Gasteiger partial charge >= 0.3 is 5.97 Å². The van der Waals surface area contributed by atoms with Crippen molar-refractivity contribution < 1.29 is 24.2 Å². The second-order valence-electron chi connectivity index (χ2n) is 3.17.